The summed E-state index contributed by atoms with van der Waals surface area (Å²) in [6.45, 7) is 7.12. The molecule has 1 heterocycles. The number of thiazole rings is 1. The van der Waals surface area contributed by atoms with E-state index in [0.29, 0.717) is 11.7 Å². The van der Waals surface area contributed by atoms with Crippen molar-refractivity contribution >= 4 is 54.8 Å². The first-order valence-electron chi connectivity index (χ1n) is 10.2. The van der Waals surface area contributed by atoms with Crippen LogP contribution in [0, 0.1) is 20.8 Å². The van der Waals surface area contributed by atoms with Gasteiger partial charge in [0, 0.05) is 6.54 Å². The zero-order valence-electron chi connectivity index (χ0n) is 19.1. The molecule has 9 heteroatoms. The third kappa shape index (κ3) is 6.28. The number of anilines is 1. The molecule has 0 saturated heterocycles. The van der Waals surface area contributed by atoms with Crippen molar-refractivity contribution in [3.8, 4) is 0 Å². The van der Waals surface area contributed by atoms with Crippen molar-refractivity contribution in [1.82, 2.24) is 9.88 Å². The standard InChI is InChI=1S/C23H29N3O3S2.ClH/c1-16-7-9-19(10-8-16)31(28,29)15-21(27)26(12-6-11-25(4)5)23-24-22-18(3)13-17(2)14-20(22)30-23;/h7-10,13-14H,6,11-12,15H2,1-5H3;1H. The van der Waals surface area contributed by atoms with E-state index in [0.717, 1.165) is 39.9 Å². The van der Waals surface area contributed by atoms with Gasteiger partial charge in [-0.2, -0.15) is 0 Å². The van der Waals surface area contributed by atoms with Crippen LogP contribution in [0.15, 0.2) is 41.3 Å². The number of halogens is 1. The molecule has 0 N–H and O–H groups in total. The van der Waals surface area contributed by atoms with E-state index in [4.69, 9.17) is 4.98 Å². The van der Waals surface area contributed by atoms with Gasteiger partial charge in [-0.15, -0.1) is 12.4 Å². The first-order valence-corrected chi connectivity index (χ1v) is 12.7. The van der Waals surface area contributed by atoms with Crippen LogP contribution in [0.1, 0.15) is 23.1 Å². The maximum Gasteiger partial charge on any atom is 0.244 e. The van der Waals surface area contributed by atoms with E-state index in [2.05, 4.69) is 12.1 Å². The molecule has 0 saturated carbocycles. The molecule has 0 unspecified atom stereocenters. The number of sulfone groups is 1. The van der Waals surface area contributed by atoms with Gasteiger partial charge in [-0.25, -0.2) is 13.4 Å². The third-order valence-electron chi connectivity index (χ3n) is 5.03. The summed E-state index contributed by atoms with van der Waals surface area (Å²) >= 11 is 1.43. The predicted octanol–water partition coefficient (Wildman–Crippen LogP) is 4.40. The van der Waals surface area contributed by atoms with Gasteiger partial charge in [0.1, 0.15) is 5.75 Å². The van der Waals surface area contributed by atoms with Gasteiger partial charge in [0.2, 0.25) is 5.91 Å². The van der Waals surface area contributed by atoms with Crippen LogP contribution in [0.2, 0.25) is 0 Å². The van der Waals surface area contributed by atoms with Crippen LogP contribution in [-0.4, -0.2) is 57.1 Å². The van der Waals surface area contributed by atoms with Crippen molar-refractivity contribution in [3.05, 3.63) is 53.1 Å². The summed E-state index contributed by atoms with van der Waals surface area (Å²) in [5.41, 5.74) is 4.01. The molecule has 1 aromatic heterocycles. The van der Waals surface area contributed by atoms with Gasteiger partial charge in [-0.1, -0.05) is 35.1 Å². The molecule has 0 spiro atoms. The maximum absolute atomic E-state index is 13.2. The zero-order valence-corrected chi connectivity index (χ0v) is 21.5. The molecule has 0 radical (unpaired) electrons. The van der Waals surface area contributed by atoms with E-state index in [1.807, 2.05) is 39.8 Å². The van der Waals surface area contributed by atoms with Crippen molar-refractivity contribution in [2.75, 3.05) is 37.8 Å². The fraction of sp³-hybridized carbons (Fsp3) is 0.391. The first-order chi connectivity index (χ1) is 14.6. The molecule has 0 atom stereocenters. The maximum atomic E-state index is 13.2. The van der Waals surface area contributed by atoms with Crippen molar-refractivity contribution in [3.63, 3.8) is 0 Å². The molecule has 32 heavy (non-hydrogen) atoms. The largest absolute Gasteiger partial charge is 0.309 e. The van der Waals surface area contributed by atoms with Gasteiger partial charge >= 0.3 is 0 Å². The minimum Gasteiger partial charge on any atom is -0.309 e. The second-order valence-corrected chi connectivity index (χ2v) is 11.2. The molecule has 0 aliphatic rings. The Hall–Kier alpha value is -2.00. The number of hydrogen-bond donors (Lipinski definition) is 0. The summed E-state index contributed by atoms with van der Waals surface area (Å²) in [6, 6.07) is 10.7. The number of benzene rings is 2. The normalized spacial score (nSPS) is 11.6. The summed E-state index contributed by atoms with van der Waals surface area (Å²) in [4.78, 5) is 21.6. The molecular formula is C23H30ClN3O3S2. The molecule has 0 fully saturated rings. The second-order valence-electron chi connectivity index (χ2n) is 8.20. The average Bonchev–Trinajstić information content (AvgIpc) is 3.08. The Morgan fingerprint density at radius 3 is 2.28 bits per heavy atom. The lowest BCUT2D eigenvalue weighted by atomic mass is 10.1. The van der Waals surface area contributed by atoms with Crippen LogP contribution in [0.25, 0.3) is 10.2 Å². The Morgan fingerprint density at radius 1 is 1.00 bits per heavy atom. The topological polar surface area (TPSA) is 70.6 Å². The first kappa shape index (κ1) is 26.3. The van der Waals surface area contributed by atoms with Crippen LogP contribution in [0.3, 0.4) is 0 Å². The minimum atomic E-state index is -3.74. The lowest BCUT2D eigenvalue weighted by Gasteiger charge is -2.21. The number of nitrogens with zero attached hydrogens (tertiary/aromatic N) is 3. The van der Waals surface area contributed by atoms with Crippen molar-refractivity contribution in [1.29, 1.82) is 0 Å². The molecule has 174 valence electrons. The molecule has 0 aliphatic carbocycles. The Balaban J connectivity index is 0.00000363. The number of carbonyl (C=O) groups is 1. The Labute approximate surface area is 200 Å². The lowest BCUT2D eigenvalue weighted by Crippen LogP contribution is -2.37. The highest BCUT2D eigenvalue weighted by atomic mass is 35.5. The molecule has 1 amide bonds. The summed E-state index contributed by atoms with van der Waals surface area (Å²) in [5, 5.41) is 0.548. The lowest BCUT2D eigenvalue weighted by molar-refractivity contribution is -0.116. The highest BCUT2D eigenvalue weighted by Crippen LogP contribution is 2.32. The van der Waals surface area contributed by atoms with Gasteiger partial charge in [0.05, 0.1) is 15.1 Å². The molecule has 0 aliphatic heterocycles. The van der Waals surface area contributed by atoms with Crippen LogP contribution in [0.4, 0.5) is 5.13 Å². The SMILES string of the molecule is Cc1ccc(S(=O)(=O)CC(=O)N(CCCN(C)C)c2nc3c(C)cc(C)cc3s2)cc1.Cl. The Kier molecular flexibility index (Phi) is 8.82. The smallest absolute Gasteiger partial charge is 0.244 e. The molecule has 0 bridgehead atoms. The van der Waals surface area contributed by atoms with E-state index in [-0.39, 0.29) is 17.3 Å². The number of rotatable bonds is 8. The second kappa shape index (κ2) is 10.7. The quantitative estimate of drug-likeness (QED) is 0.463. The summed E-state index contributed by atoms with van der Waals surface area (Å²) in [5.74, 6) is -1.03. The van der Waals surface area contributed by atoms with Crippen LogP contribution in [0.5, 0.6) is 0 Å². The van der Waals surface area contributed by atoms with Gasteiger partial charge in [-0.3, -0.25) is 9.69 Å². The van der Waals surface area contributed by atoms with E-state index in [9.17, 15) is 13.2 Å². The van der Waals surface area contributed by atoms with E-state index in [1.165, 1.54) is 16.2 Å². The van der Waals surface area contributed by atoms with Crippen LogP contribution < -0.4 is 4.90 Å². The van der Waals surface area contributed by atoms with Crippen molar-refractivity contribution < 1.29 is 13.2 Å². The van der Waals surface area contributed by atoms with Crippen LogP contribution in [-0.2, 0) is 14.6 Å². The Morgan fingerprint density at radius 2 is 1.66 bits per heavy atom. The molecule has 3 rings (SSSR count). The number of hydrogen-bond acceptors (Lipinski definition) is 6. The van der Waals surface area contributed by atoms with E-state index >= 15 is 0 Å². The van der Waals surface area contributed by atoms with E-state index < -0.39 is 21.5 Å². The van der Waals surface area contributed by atoms with Gasteiger partial charge in [-0.05, 0) is 77.2 Å². The fourth-order valence-electron chi connectivity index (χ4n) is 3.42. The number of aryl methyl sites for hydroxylation is 3. The number of amides is 1. The summed E-state index contributed by atoms with van der Waals surface area (Å²) in [6.07, 6.45) is 0.719. The van der Waals surface area contributed by atoms with Gasteiger partial charge in [0.25, 0.3) is 0 Å². The number of aromatic nitrogens is 1. The number of carbonyl (C=O) groups excluding carboxylic acids is 1. The predicted molar refractivity (Wildman–Crippen MR) is 135 cm³/mol. The fourth-order valence-corrected chi connectivity index (χ4v) is 5.80. The van der Waals surface area contributed by atoms with Crippen molar-refractivity contribution in [2.24, 2.45) is 0 Å². The molecule has 6 nitrogen and oxygen atoms in total. The van der Waals surface area contributed by atoms with Crippen LogP contribution >= 0.6 is 23.7 Å². The van der Waals surface area contributed by atoms with E-state index in [1.54, 1.807) is 24.3 Å². The third-order valence-corrected chi connectivity index (χ3v) is 7.67. The Bertz CT molecular complexity index is 1190. The highest BCUT2D eigenvalue weighted by molar-refractivity contribution is 7.92. The monoisotopic (exact) mass is 495 g/mol. The average molecular weight is 496 g/mol. The van der Waals surface area contributed by atoms with Gasteiger partial charge < -0.3 is 4.90 Å². The molecule has 3 aromatic rings. The van der Waals surface area contributed by atoms with Gasteiger partial charge in [0.15, 0.2) is 15.0 Å². The zero-order chi connectivity index (χ0) is 22.8. The summed E-state index contributed by atoms with van der Waals surface area (Å²) in [7, 11) is 0.200. The minimum absolute atomic E-state index is 0. The highest BCUT2D eigenvalue weighted by Gasteiger charge is 2.26. The summed E-state index contributed by atoms with van der Waals surface area (Å²) < 4.78 is 26.7. The van der Waals surface area contributed by atoms with Crippen molar-refractivity contribution in [2.45, 2.75) is 32.1 Å². The molecular weight excluding hydrogens is 466 g/mol. The number of fused-ring (bicyclic) bond motifs is 1. The molecule has 2 aromatic carbocycles.